The van der Waals surface area contributed by atoms with Crippen LogP contribution in [0.2, 0.25) is 5.02 Å². The van der Waals surface area contributed by atoms with Crippen LogP contribution in [0.3, 0.4) is 0 Å². The van der Waals surface area contributed by atoms with Crippen LogP contribution < -0.4 is 5.32 Å². The molecule has 1 saturated heterocycles. The molecule has 19 heavy (non-hydrogen) atoms. The molecule has 0 aromatic heterocycles. The van der Waals surface area contributed by atoms with Gasteiger partial charge in [0, 0.05) is 17.6 Å². The Bertz CT molecular complexity index is 365. The molecule has 108 valence electrons. The van der Waals surface area contributed by atoms with Crippen LogP contribution in [0.25, 0.3) is 0 Å². The highest BCUT2D eigenvalue weighted by atomic mass is 35.5. The average Bonchev–Trinajstić information content (AvgIpc) is 2.39. The zero-order chi connectivity index (χ0) is 12.8. The van der Waals surface area contributed by atoms with Crippen LogP contribution in [0.5, 0.6) is 0 Å². The molecule has 0 bridgehead atoms. The normalized spacial score (nSPS) is 16.4. The van der Waals surface area contributed by atoms with Crippen molar-refractivity contribution in [3.05, 3.63) is 34.9 Å². The quantitative estimate of drug-likeness (QED) is 0.891. The molecule has 4 heteroatoms. The molecule has 0 spiro atoms. The Labute approximate surface area is 127 Å². The van der Waals surface area contributed by atoms with E-state index in [0.29, 0.717) is 0 Å². The van der Waals surface area contributed by atoms with Gasteiger partial charge in [-0.05, 0) is 56.6 Å². The smallest absolute Gasteiger partial charge is 0.0409 e. The summed E-state index contributed by atoms with van der Waals surface area (Å²) in [6.07, 6.45) is 3.74. The highest BCUT2D eigenvalue weighted by Gasteiger charge is 2.20. The van der Waals surface area contributed by atoms with E-state index in [-0.39, 0.29) is 12.4 Å². The summed E-state index contributed by atoms with van der Waals surface area (Å²) in [6.45, 7) is 6.77. The van der Waals surface area contributed by atoms with Gasteiger partial charge in [-0.1, -0.05) is 30.7 Å². The highest BCUT2D eigenvalue weighted by Crippen LogP contribution is 2.18. The lowest BCUT2D eigenvalue weighted by molar-refractivity contribution is 0.154. The first-order valence-corrected chi connectivity index (χ1v) is 7.36. The first-order chi connectivity index (χ1) is 8.79. The lowest BCUT2D eigenvalue weighted by Crippen LogP contribution is -2.43. The summed E-state index contributed by atoms with van der Waals surface area (Å²) >= 11 is 6.06. The van der Waals surface area contributed by atoms with Crippen molar-refractivity contribution in [2.45, 2.75) is 38.8 Å². The molecule has 0 amide bonds. The first-order valence-electron chi connectivity index (χ1n) is 6.99. The van der Waals surface area contributed by atoms with E-state index in [0.717, 1.165) is 30.7 Å². The summed E-state index contributed by atoms with van der Waals surface area (Å²) in [6, 6.07) is 8.98. The zero-order valence-electron chi connectivity index (χ0n) is 11.6. The van der Waals surface area contributed by atoms with Gasteiger partial charge in [-0.15, -0.1) is 12.4 Å². The topological polar surface area (TPSA) is 15.3 Å². The summed E-state index contributed by atoms with van der Waals surface area (Å²) in [5.41, 5.74) is 1.33. The second-order valence-corrected chi connectivity index (χ2v) is 5.52. The van der Waals surface area contributed by atoms with Crippen LogP contribution in [0.4, 0.5) is 0 Å². The molecule has 0 atom stereocenters. The van der Waals surface area contributed by atoms with E-state index in [1.807, 2.05) is 12.1 Å². The fraction of sp³-hybridized carbons (Fsp3) is 0.600. The lowest BCUT2D eigenvalue weighted by atomic mass is 10.0. The third-order valence-corrected chi connectivity index (χ3v) is 3.85. The van der Waals surface area contributed by atoms with Gasteiger partial charge in [0.15, 0.2) is 0 Å². The molecular formula is C15H24Cl2N2. The monoisotopic (exact) mass is 302 g/mol. The molecule has 0 saturated carbocycles. The second kappa shape index (κ2) is 8.80. The second-order valence-electron chi connectivity index (χ2n) is 5.08. The van der Waals surface area contributed by atoms with Crippen molar-refractivity contribution in [2.75, 3.05) is 19.6 Å². The minimum Gasteiger partial charge on any atom is -0.317 e. The van der Waals surface area contributed by atoms with Crippen LogP contribution in [0.15, 0.2) is 24.3 Å². The van der Waals surface area contributed by atoms with Gasteiger partial charge >= 0.3 is 0 Å². The Balaban J connectivity index is 0.00000180. The lowest BCUT2D eigenvalue weighted by Gasteiger charge is -2.34. The summed E-state index contributed by atoms with van der Waals surface area (Å²) in [5, 5.41) is 4.28. The van der Waals surface area contributed by atoms with Crippen molar-refractivity contribution in [1.29, 1.82) is 0 Å². The van der Waals surface area contributed by atoms with Crippen LogP contribution in [-0.2, 0) is 6.54 Å². The van der Waals surface area contributed by atoms with E-state index in [4.69, 9.17) is 11.6 Å². The molecule has 2 rings (SSSR count). The molecule has 1 aliphatic rings. The predicted octanol–water partition coefficient (Wildman–Crippen LogP) is 3.73. The van der Waals surface area contributed by atoms with Gasteiger partial charge in [-0.2, -0.15) is 0 Å². The molecule has 0 unspecified atom stereocenters. The number of hydrogen-bond donors (Lipinski definition) is 1. The molecule has 1 aromatic carbocycles. The van der Waals surface area contributed by atoms with Gasteiger partial charge in [0.1, 0.15) is 0 Å². The van der Waals surface area contributed by atoms with Crippen LogP contribution in [0, 0.1) is 0 Å². The van der Waals surface area contributed by atoms with E-state index in [2.05, 4.69) is 29.3 Å². The van der Waals surface area contributed by atoms with E-state index in [9.17, 15) is 0 Å². The van der Waals surface area contributed by atoms with Crippen LogP contribution in [0.1, 0.15) is 31.7 Å². The average molecular weight is 303 g/mol. The Morgan fingerprint density at radius 3 is 2.68 bits per heavy atom. The van der Waals surface area contributed by atoms with Gasteiger partial charge in [0.2, 0.25) is 0 Å². The predicted molar refractivity (Wildman–Crippen MR) is 85.3 cm³/mol. The van der Waals surface area contributed by atoms with E-state index < -0.39 is 0 Å². The number of hydrogen-bond acceptors (Lipinski definition) is 2. The van der Waals surface area contributed by atoms with Gasteiger partial charge in [0.25, 0.3) is 0 Å². The summed E-state index contributed by atoms with van der Waals surface area (Å²) in [5.74, 6) is 0. The Kier molecular flexibility index (Phi) is 7.77. The minimum atomic E-state index is 0. The standard InChI is InChI=1S/C15H23ClN2.ClH/c1-2-10-18(15-6-8-17-9-7-15)12-13-4-3-5-14(16)11-13;/h3-5,11,15,17H,2,6-10,12H2,1H3;1H. The fourth-order valence-corrected chi connectivity index (χ4v) is 2.93. The molecule has 1 heterocycles. The largest absolute Gasteiger partial charge is 0.317 e. The van der Waals surface area contributed by atoms with Crippen molar-refractivity contribution in [2.24, 2.45) is 0 Å². The first kappa shape index (κ1) is 16.8. The molecule has 0 aliphatic carbocycles. The van der Waals surface area contributed by atoms with Crippen LogP contribution >= 0.6 is 24.0 Å². The Morgan fingerprint density at radius 1 is 1.32 bits per heavy atom. The number of nitrogens with one attached hydrogen (secondary N) is 1. The molecule has 2 nitrogen and oxygen atoms in total. The third kappa shape index (κ3) is 5.31. The van der Waals surface area contributed by atoms with Crippen molar-refractivity contribution in [1.82, 2.24) is 10.2 Å². The number of piperidine rings is 1. The van der Waals surface area contributed by atoms with E-state index >= 15 is 0 Å². The Morgan fingerprint density at radius 2 is 2.05 bits per heavy atom. The van der Waals surface area contributed by atoms with Crippen molar-refractivity contribution in [3.63, 3.8) is 0 Å². The maximum absolute atomic E-state index is 6.06. The van der Waals surface area contributed by atoms with E-state index in [1.54, 1.807) is 0 Å². The number of rotatable bonds is 5. The van der Waals surface area contributed by atoms with Crippen molar-refractivity contribution >= 4 is 24.0 Å². The third-order valence-electron chi connectivity index (χ3n) is 3.61. The Hall–Kier alpha value is -0.280. The zero-order valence-corrected chi connectivity index (χ0v) is 13.1. The van der Waals surface area contributed by atoms with Crippen molar-refractivity contribution in [3.8, 4) is 0 Å². The molecular weight excluding hydrogens is 279 g/mol. The van der Waals surface area contributed by atoms with Crippen LogP contribution in [-0.4, -0.2) is 30.6 Å². The number of benzene rings is 1. The maximum Gasteiger partial charge on any atom is 0.0409 e. The summed E-state index contributed by atoms with van der Waals surface area (Å²) in [4.78, 5) is 2.62. The molecule has 0 radical (unpaired) electrons. The SMILES string of the molecule is CCCN(Cc1cccc(Cl)c1)C1CCNCC1.Cl. The fourth-order valence-electron chi connectivity index (χ4n) is 2.72. The highest BCUT2D eigenvalue weighted by molar-refractivity contribution is 6.30. The van der Waals surface area contributed by atoms with E-state index in [1.165, 1.54) is 31.4 Å². The number of nitrogens with zero attached hydrogens (tertiary/aromatic N) is 1. The number of halogens is 2. The maximum atomic E-state index is 6.06. The van der Waals surface area contributed by atoms with Gasteiger partial charge < -0.3 is 5.32 Å². The summed E-state index contributed by atoms with van der Waals surface area (Å²) in [7, 11) is 0. The molecule has 1 aromatic rings. The van der Waals surface area contributed by atoms with Crippen molar-refractivity contribution < 1.29 is 0 Å². The summed E-state index contributed by atoms with van der Waals surface area (Å²) < 4.78 is 0. The van der Waals surface area contributed by atoms with Gasteiger partial charge in [-0.3, -0.25) is 4.90 Å². The minimum absolute atomic E-state index is 0. The molecule has 1 aliphatic heterocycles. The van der Waals surface area contributed by atoms with Gasteiger partial charge in [0.05, 0.1) is 0 Å². The van der Waals surface area contributed by atoms with Gasteiger partial charge in [-0.25, -0.2) is 0 Å². The molecule has 1 fully saturated rings. The molecule has 1 N–H and O–H groups in total.